The summed E-state index contributed by atoms with van der Waals surface area (Å²) in [6.45, 7) is 0. The van der Waals surface area contributed by atoms with Gasteiger partial charge in [-0.2, -0.15) is 0 Å². The smallest absolute Gasteiger partial charge is 0.262 e. The molecular formula is C28H27N5O3S. The van der Waals surface area contributed by atoms with Gasteiger partial charge < -0.3 is 9.80 Å². The van der Waals surface area contributed by atoms with Crippen molar-refractivity contribution in [2.75, 3.05) is 35.7 Å². The van der Waals surface area contributed by atoms with Gasteiger partial charge in [0.15, 0.2) is 5.82 Å². The lowest BCUT2D eigenvalue weighted by Gasteiger charge is -2.37. The zero-order chi connectivity index (χ0) is 25.9. The summed E-state index contributed by atoms with van der Waals surface area (Å²) >= 11 is 0. The van der Waals surface area contributed by atoms with Gasteiger partial charge in [0.2, 0.25) is 5.91 Å². The topological polar surface area (TPSA) is 95.5 Å². The summed E-state index contributed by atoms with van der Waals surface area (Å²) in [5.41, 5.74) is 4.31. The number of carbonyl (C=O) groups excluding carboxylic acids is 1. The number of carbonyl (C=O) groups is 1. The summed E-state index contributed by atoms with van der Waals surface area (Å²) < 4.78 is 28.9. The minimum atomic E-state index is -3.80. The second-order valence-corrected chi connectivity index (χ2v) is 11.6. The van der Waals surface area contributed by atoms with Crippen molar-refractivity contribution in [1.29, 1.82) is 0 Å². The molecule has 1 spiro atoms. The molecule has 1 amide bonds. The van der Waals surface area contributed by atoms with Crippen LogP contribution in [-0.4, -0.2) is 45.4 Å². The van der Waals surface area contributed by atoms with Gasteiger partial charge in [0, 0.05) is 43.9 Å². The molecule has 8 nitrogen and oxygen atoms in total. The molecule has 1 N–H and O–H groups in total. The number of nitrogens with zero attached hydrogens (tertiary/aromatic N) is 4. The third-order valence-corrected chi connectivity index (χ3v) is 8.91. The zero-order valence-corrected chi connectivity index (χ0v) is 21.7. The molecule has 9 heteroatoms. The molecule has 188 valence electrons. The van der Waals surface area contributed by atoms with Gasteiger partial charge >= 0.3 is 0 Å². The lowest BCUT2D eigenvalue weighted by atomic mass is 9.64. The number of hydrogen-bond donors (Lipinski definition) is 1. The number of amides is 1. The van der Waals surface area contributed by atoms with Crippen molar-refractivity contribution < 1.29 is 13.2 Å². The van der Waals surface area contributed by atoms with Crippen LogP contribution < -0.4 is 14.5 Å². The molecule has 2 aromatic carbocycles. The fraction of sp³-hybridized carbons (Fsp3) is 0.250. The second kappa shape index (κ2) is 8.27. The van der Waals surface area contributed by atoms with Crippen molar-refractivity contribution in [2.24, 2.45) is 0 Å². The fourth-order valence-corrected chi connectivity index (χ4v) is 6.57. The van der Waals surface area contributed by atoms with Crippen LogP contribution in [0, 0.1) is 0 Å². The van der Waals surface area contributed by atoms with Crippen LogP contribution in [0.25, 0.3) is 22.0 Å². The normalized spacial score (nSPS) is 16.1. The molecule has 4 aromatic rings. The summed E-state index contributed by atoms with van der Waals surface area (Å²) in [6, 6.07) is 16.0. The molecule has 37 heavy (non-hydrogen) atoms. The first kappa shape index (κ1) is 23.4. The standard InChI is InChI=1S/C28H27N5O3S/c1-32(2)26-23(31-37(35,36)20-8-5-4-6-9-20)15-19(16-30-26)18-10-11-22-21(14-18)25-24(17-29-22)33(3)27(34)28(25)12-7-13-28/h4-6,8-11,14-17,31H,7,12-13H2,1-3H3. The molecule has 3 heterocycles. The average molecular weight is 514 g/mol. The lowest BCUT2D eigenvalue weighted by Crippen LogP contribution is -2.43. The van der Waals surface area contributed by atoms with Gasteiger partial charge in [-0.25, -0.2) is 13.4 Å². The molecule has 1 aliphatic heterocycles. The van der Waals surface area contributed by atoms with Crippen LogP contribution in [-0.2, 0) is 20.2 Å². The monoisotopic (exact) mass is 513 g/mol. The Morgan fingerprint density at radius 2 is 1.73 bits per heavy atom. The molecule has 6 rings (SSSR count). The van der Waals surface area contributed by atoms with E-state index in [0.717, 1.165) is 52.5 Å². The Morgan fingerprint density at radius 3 is 2.41 bits per heavy atom. The maximum absolute atomic E-state index is 13.2. The van der Waals surface area contributed by atoms with Crippen LogP contribution in [0.4, 0.5) is 17.2 Å². The van der Waals surface area contributed by atoms with Crippen LogP contribution in [0.5, 0.6) is 0 Å². The van der Waals surface area contributed by atoms with E-state index in [1.165, 1.54) is 0 Å². The summed E-state index contributed by atoms with van der Waals surface area (Å²) in [5.74, 6) is 0.648. The molecule has 0 atom stereocenters. The van der Waals surface area contributed by atoms with E-state index in [1.807, 2.05) is 33.3 Å². The summed E-state index contributed by atoms with van der Waals surface area (Å²) in [5, 5.41) is 0.954. The van der Waals surface area contributed by atoms with E-state index < -0.39 is 15.4 Å². The zero-order valence-electron chi connectivity index (χ0n) is 20.9. The Morgan fingerprint density at radius 1 is 0.973 bits per heavy atom. The number of aromatic nitrogens is 2. The van der Waals surface area contributed by atoms with Crippen LogP contribution in [0.3, 0.4) is 0 Å². The predicted octanol–water partition coefficient (Wildman–Crippen LogP) is 4.56. The molecule has 1 saturated carbocycles. The van der Waals surface area contributed by atoms with E-state index in [4.69, 9.17) is 0 Å². The van der Waals surface area contributed by atoms with E-state index in [-0.39, 0.29) is 10.8 Å². The van der Waals surface area contributed by atoms with Gasteiger partial charge in [-0.05, 0) is 48.7 Å². The number of rotatable bonds is 5. The maximum atomic E-state index is 13.2. The summed E-state index contributed by atoms with van der Waals surface area (Å²) in [7, 11) is 1.65. The number of anilines is 3. The second-order valence-electron chi connectivity index (χ2n) is 9.96. The lowest BCUT2D eigenvalue weighted by molar-refractivity contribution is -0.125. The first-order valence-electron chi connectivity index (χ1n) is 12.2. The number of fused-ring (bicyclic) bond motifs is 4. The number of nitrogens with one attached hydrogen (secondary N) is 1. The molecule has 1 fully saturated rings. The largest absolute Gasteiger partial charge is 0.361 e. The Labute approximate surface area is 216 Å². The Hall–Kier alpha value is -3.98. The molecule has 0 unspecified atom stereocenters. The van der Waals surface area contributed by atoms with Crippen molar-refractivity contribution >= 4 is 44.0 Å². The highest BCUT2D eigenvalue weighted by Gasteiger charge is 2.54. The Kier molecular flexibility index (Phi) is 5.24. The van der Waals surface area contributed by atoms with E-state index in [9.17, 15) is 13.2 Å². The molecule has 2 aromatic heterocycles. The number of pyridine rings is 2. The van der Waals surface area contributed by atoms with Crippen molar-refractivity contribution in [3.8, 4) is 11.1 Å². The van der Waals surface area contributed by atoms with E-state index in [0.29, 0.717) is 11.5 Å². The molecular weight excluding hydrogens is 486 g/mol. The molecule has 0 saturated heterocycles. The number of hydrogen-bond acceptors (Lipinski definition) is 6. The first-order chi connectivity index (χ1) is 17.7. The highest BCUT2D eigenvalue weighted by atomic mass is 32.2. The van der Waals surface area contributed by atoms with E-state index in [1.54, 1.807) is 58.6 Å². The summed E-state index contributed by atoms with van der Waals surface area (Å²) in [4.78, 5) is 26.1. The van der Waals surface area contributed by atoms with Crippen LogP contribution in [0.15, 0.2) is 71.9 Å². The predicted molar refractivity (Wildman–Crippen MR) is 145 cm³/mol. The Balaban J connectivity index is 1.47. The third-order valence-electron chi connectivity index (χ3n) is 7.53. The van der Waals surface area contributed by atoms with Crippen molar-refractivity contribution in [1.82, 2.24) is 9.97 Å². The van der Waals surface area contributed by atoms with Crippen LogP contribution in [0.1, 0.15) is 24.8 Å². The van der Waals surface area contributed by atoms with Crippen molar-refractivity contribution in [3.05, 3.63) is 72.6 Å². The number of sulfonamides is 1. The van der Waals surface area contributed by atoms with Crippen molar-refractivity contribution in [2.45, 2.75) is 29.6 Å². The number of likely N-dealkylation sites (N-methyl/N-ethyl adjacent to an activating group) is 1. The van der Waals surface area contributed by atoms with Gasteiger partial charge in [0.1, 0.15) is 0 Å². The quantitative estimate of drug-likeness (QED) is 0.420. The van der Waals surface area contributed by atoms with Crippen LogP contribution in [0.2, 0.25) is 0 Å². The van der Waals surface area contributed by atoms with Gasteiger partial charge in [0.05, 0.1) is 33.4 Å². The average Bonchev–Trinajstić information content (AvgIpc) is 3.11. The van der Waals surface area contributed by atoms with Crippen molar-refractivity contribution in [3.63, 3.8) is 0 Å². The highest BCUT2D eigenvalue weighted by Crippen LogP contribution is 2.55. The minimum absolute atomic E-state index is 0.142. The van der Waals surface area contributed by atoms with Gasteiger partial charge in [0.25, 0.3) is 10.0 Å². The number of benzene rings is 2. The fourth-order valence-electron chi connectivity index (χ4n) is 5.50. The third kappa shape index (κ3) is 3.56. The van der Waals surface area contributed by atoms with Gasteiger partial charge in [-0.3, -0.25) is 14.5 Å². The van der Waals surface area contributed by atoms with Gasteiger partial charge in [-0.15, -0.1) is 0 Å². The van der Waals surface area contributed by atoms with Crippen LogP contribution >= 0.6 is 0 Å². The SMILES string of the molecule is CN(C)c1ncc(-c2ccc3ncc4c(c3c2)C2(CCC2)C(=O)N4C)cc1NS(=O)(=O)c1ccccc1. The van der Waals surface area contributed by atoms with E-state index >= 15 is 0 Å². The molecule has 1 aliphatic carbocycles. The minimum Gasteiger partial charge on any atom is -0.361 e. The summed E-state index contributed by atoms with van der Waals surface area (Å²) in [6.07, 6.45) is 6.26. The van der Waals surface area contributed by atoms with Gasteiger partial charge in [-0.1, -0.05) is 30.7 Å². The maximum Gasteiger partial charge on any atom is 0.262 e. The highest BCUT2D eigenvalue weighted by molar-refractivity contribution is 7.92. The molecule has 0 bridgehead atoms. The molecule has 0 radical (unpaired) electrons. The Bertz CT molecular complexity index is 1660. The van der Waals surface area contributed by atoms with E-state index in [2.05, 4.69) is 20.8 Å². The molecule has 2 aliphatic rings. The first-order valence-corrected chi connectivity index (χ1v) is 13.7.